The van der Waals surface area contributed by atoms with Gasteiger partial charge in [-0.05, 0) is 35.2 Å². The number of piperidine rings is 1. The molecule has 1 aliphatic heterocycles. The first-order valence-corrected chi connectivity index (χ1v) is 13.1. The number of nitrogens with zero attached hydrogens (tertiary/aromatic N) is 1. The molecule has 4 nitrogen and oxygen atoms in total. The zero-order valence-corrected chi connectivity index (χ0v) is 21.4. The Bertz CT molecular complexity index is 1030. The molecule has 0 spiro atoms. The maximum atomic E-state index is 6.66. The van der Waals surface area contributed by atoms with Crippen LogP contribution < -0.4 is 0 Å². The van der Waals surface area contributed by atoms with Crippen molar-refractivity contribution >= 4 is 0 Å². The van der Waals surface area contributed by atoms with Crippen molar-refractivity contribution in [2.45, 2.75) is 57.8 Å². The fourth-order valence-corrected chi connectivity index (χ4v) is 4.73. The van der Waals surface area contributed by atoms with E-state index in [0.717, 1.165) is 42.6 Å². The minimum absolute atomic E-state index is 0.0789. The van der Waals surface area contributed by atoms with Crippen LogP contribution in [-0.2, 0) is 34.0 Å². The van der Waals surface area contributed by atoms with E-state index in [1.54, 1.807) is 0 Å². The molecule has 0 unspecified atom stereocenters. The predicted molar refractivity (Wildman–Crippen MR) is 146 cm³/mol. The van der Waals surface area contributed by atoms with Crippen molar-refractivity contribution in [3.63, 3.8) is 0 Å². The van der Waals surface area contributed by atoms with Crippen molar-refractivity contribution in [2.24, 2.45) is 0 Å². The van der Waals surface area contributed by atoms with E-state index in [0.29, 0.717) is 26.4 Å². The predicted octanol–water partition coefficient (Wildman–Crippen LogP) is 6.41. The van der Waals surface area contributed by atoms with E-state index >= 15 is 0 Å². The summed E-state index contributed by atoms with van der Waals surface area (Å²) >= 11 is 0. The third kappa shape index (κ3) is 7.62. The van der Waals surface area contributed by atoms with Crippen LogP contribution in [0.1, 0.15) is 36.5 Å². The number of rotatable bonds is 13. The molecule has 1 fully saturated rings. The summed E-state index contributed by atoms with van der Waals surface area (Å²) in [6.07, 6.45) is 1.90. The van der Waals surface area contributed by atoms with Gasteiger partial charge in [0.25, 0.3) is 0 Å². The van der Waals surface area contributed by atoms with Gasteiger partial charge < -0.3 is 14.2 Å². The Morgan fingerprint density at radius 2 is 1.28 bits per heavy atom. The maximum absolute atomic E-state index is 6.66. The summed E-state index contributed by atoms with van der Waals surface area (Å²) in [4.78, 5) is 2.48. The molecule has 0 amide bonds. The van der Waals surface area contributed by atoms with Crippen LogP contribution in [0.2, 0.25) is 0 Å². The van der Waals surface area contributed by atoms with Gasteiger partial charge in [-0.15, -0.1) is 0 Å². The molecule has 0 aliphatic carbocycles. The van der Waals surface area contributed by atoms with Crippen molar-refractivity contribution in [3.8, 4) is 0 Å². The van der Waals surface area contributed by atoms with Gasteiger partial charge in [0.15, 0.2) is 0 Å². The molecule has 0 N–H and O–H groups in total. The van der Waals surface area contributed by atoms with Gasteiger partial charge in [-0.1, -0.05) is 111 Å². The first-order chi connectivity index (χ1) is 17.7. The molecule has 0 radical (unpaired) electrons. The number of ether oxygens (including phenoxy) is 3. The molecule has 190 valence electrons. The lowest BCUT2D eigenvalue weighted by atomic mass is 9.92. The van der Waals surface area contributed by atoms with Gasteiger partial charge in [0.1, 0.15) is 12.2 Å². The van der Waals surface area contributed by atoms with Crippen LogP contribution in [0.15, 0.2) is 103 Å². The molecule has 1 saturated heterocycles. The van der Waals surface area contributed by atoms with E-state index in [4.69, 9.17) is 14.2 Å². The Balaban J connectivity index is 1.52. The Hall–Kier alpha value is -2.76. The fourth-order valence-electron chi connectivity index (χ4n) is 4.73. The minimum atomic E-state index is -0.197. The van der Waals surface area contributed by atoms with Crippen LogP contribution in [0.5, 0.6) is 0 Å². The van der Waals surface area contributed by atoms with Crippen molar-refractivity contribution in [1.82, 2.24) is 4.90 Å². The Kier molecular flexibility index (Phi) is 10.3. The number of unbranched alkanes of at least 4 members (excludes halogenated alkanes) is 1. The van der Waals surface area contributed by atoms with Gasteiger partial charge in [0, 0.05) is 6.54 Å². The molecular formula is C32H39NO3. The van der Waals surface area contributed by atoms with Crippen LogP contribution >= 0.6 is 0 Å². The quantitative estimate of drug-likeness (QED) is 0.262. The lowest BCUT2D eigenvalue weighted by Crippen LogP contribution is -2.59. The van der Waals surface area contributed by atoms with Gasteiger partial charge in [-0.3, -0.25) is 4.90 Å². The summed E-state index contributed by atoms with van der Waals surface area (Å²) in [7, 11) is 0. The molecule has 4 rings (SSSR count). The van der Waals surface area contributed by atoms with E-state index in [2.05, 4.69) is 79.1 Å². The van der Waals surface area contributed by atoms with E-state index < -0.39 is 0 Å². The van der Waals surface area contributed by atoms with Gasteiger partial charge in [-0.2, -0.15) is 0 Å². The van der Waals surface area contributed by atoms with E-state index in [1.807, 2.05) is 30.3 Å². The molecule has 0 bridgehead atoms. The highest BCUT2D eigenvalue weighted by Gasteiger charge is 2.41. The Morgan fingerprint density at radius 3 is 1.83 bits per heavy atom. The van der Waals surface area contributed by atoms with Crippen LogP contribution in [0, 0.1) is 0 Å². The molecule has 1 aliphatic rings. The standard InChI is InChI=1S/C32H39NO3/c1-3-4-20-33-21-26(2)31(35-23-28-16-10-6-11-17-28)32(36-24-29-18-12-7-13-19-29)30(33)25-34-22-27-14-8-5-9-15-27/h5-19,30-32H,2-4,20-25H2,1H3/t30-,31+,32-/m0/s1. The van der Waals surface area contributed by atoms with E-state index in [1.165, 1.54) is 5.56 Å². The van der Waals surface area contributed by atoms with Crippen molar-refractivity contribution in [3.05, 3.63) is 120 Å². The van der Waals surface area contributed by atoms with Crippen LogP contribution in [0.4, 0.5) is 0 Å². The van der Waals surface area contributed by atoms with Crippen molar-refractivity contribution in [2.75, 3.05) is 19.7 Å². The molecule has 0 saturated carbocycles. The first-order valence-electron chi connectivity index (χ1n) is 13.1. The van der Waals surface area contributed by atoms with Crippen molar-refractivity contribution < 1.29 is 14.2 Å². The van der Waals surface area contributed by atoms with Gasteiger partial charge in [-0.25, -0.2) is 0 Å². The summed E-state index contributed by atoms with van der Waals surface area (Å²) in [6.45, 7) is 10.7. The second-order valence-electron chi connectivity index (χ2n) is 9.53. The topological polar surface area (TPSA) is 30.9 Å². The summed E-state index contributed by atoms with van der Waals surface area (Å²) in [5, 5.41) is 0. The number of hydrogen-bond acceptors (Lipinski definition) is 4. The molecule has 1 heterocycles. The summed E-state index contributed by atoms with van der Waals surface area (Å²) in [5.41, 5.74) is 4.55. The number of hydrogen-bond donors (Lipinski definition) is 0. The molecule has 3 aromatic carbocycles. The maximum Gasteiger partial charge on any atom is 0.108 e. The highest BCUT2D eigenvalue weighted by molar-refractivity contribution is 5.19. The largest absolute Gasteiger partial charge is 0.375 e. The average molecular weight is 486 g/mol. The van der Waals surface area contributed by atoms with Crippen LogP contribution in [-0.4, -0.2) is 42.8 Å². The third-order valence-electron chi connectivity index (χ3n) is 6.71. The van der Waals surface area contributed by atoms with Gasteiger partial charge in [0.05, 0.1) is 32.5 Å². The normalized spacial score (nSPS) is 20.5. The zero-order valence-electron chi connectivity index (χ0n) is 21.4. The van der Waals surface area contributed by atoms with Crippen molar-refractivity contribution in [1.29, 1.82) is 0 Å². The second-order valence-corrected chi connectivity index (χ2v) is 9.53. The first kappa shape index (κ1) is 26.3. The molecule has 3 atom stereocenters. The Morgan fingerprint density at radius 1 is 0.750 bits per heavy atom. The van der Waals surface area contributed by atoms with Crippen LogP contribution in [0.3, 0.4) is 0 Å². The fraction of sp³-hybridized carbons (Fsp3) is 0.375. The monoisotopic (exact) mass is 485 g/mol. The summed E-state index contributed by atoms with van der Waals surface area (Å²) in [6, 6.07) is 31.1. The smallest absolute Gasteiger partial charge is 0.108 e. The van der Waals surface area contributed by atoms with Gasteiger partial charge >= 0.3 is 0 Å². The molecule has 4 heteroatoms. The highest BCUT2D eigenvalue weighted by Crippen LogP contribution is 2.29. The van der Waals surface area contributed by atoms with E-state index in [-0.39, 0.29) is 18.2 Å². The summed E-state index contributed by atoms with van der Waals surface area (Å²) < 4.78 is 19.5. The average Bonchev–Trinajstić information content (AvgIpc) is 2.93. The minimum Gasteiger partial charge on any atom is -0.375 e. The lowest BCUT2D eigenvalue weighted by Gasteiger charge is -2.46. The molecular weight excluding hydrogens is 446 g/mol. The number of likely N-dealkylation sites (tertiary alicyclic amines) is 1. The van der Waals surface area contributed by atoms with Gasteiger partial charge in [0.2, 0.25) is 0 Å². The highest BCUT2D eigenvalue weighted by atomic mass is 16.5. The molecule has 36 heavy (non-hydrogen) atoms. The van der Waals surface area contributed by atoms with Crippen LogP contribution in [0.25, 0.3) is 0 Å². The molecule has 0 aromatic heterocycles. The number of benzene rings is 3. The third-order valence-corrected chi connectivity index (χ3v) is 6.71. The molecule has 3 aromatic rings. The van der Waals surface area contributed by atoms with E-state index in [9.17, 15) is 0 Å². The Labute approximate surface area is 216 Å². The summed E-state index contributed by atoms with van der Waals surface area (Å²) in [5.74, 6) is 0. The second kappa shape index (κ2) is 14.1. The lowest BCUT2D eigenvalue weighted by molar-refractivity contribution is -0.136. The zero-order chi connectivity index (χ0) is 25.0. The SMILES string of the molecule is C=C1CN(CCCC)[C@@H](COCc2ccccc2)[C@H](OCc2ccccc2)[C@@H]1OCc1ccccc1.